The van der Waals surface area contributed by atoms with Gasteiger partial charge in [-0.25, -0.2) is 0 Å². The predicted molar refractivity (Wildman–Crippen MR) is 113 cm³/mol. The van der Waals surface area contributed by atoms with Crippen LogP contribution < -0.4 is 16.0 Å². The highest BCUT2D eigenvalue weighted by atomic mass is 127. The molecule has 26 heavy (non-hydrogen) atoms. The van der Waals surface area contributed by atoms with Gasteiger partial charge in [0.05, 0.1) is 6.61 Å². The Morgan fingerprint density at radius 3 is 2.46 bits per heavy atom. The summed E-state index contributed by atoms with van der Waals surface area (Å²) < 4.78 is 5.85. The number of methoxy groups -OCH3 is 1. The second kappa shape index (κ2) is 10.2. The molecule has 0 atom stereocenters. The van der Waals surface area contributed by atoms with Crippen molar-refractivity contribution in [3.05, 3.63) is 63.2 Å². The van der Waals surface area contributed by atoms with Crippen molar-refractivity contribution in [2.24, 2.45) is 0 Å². The second-order valence-corrected chi connectivity index (χ2v) is 6.90. The van der Waals surface area contributed by atoms with Crippen LogP contribution in [-0.4, -0.2) is 37.2 Å². The molecule has 0 aliphatic heterocycles. The van der Waals surface area contributed by atoms with Crippen molar-refractivity contribution in [2.75, 3.05) is 25.6 Å². The third kappa shape index (κ3) is 6.36. The molecule has 3 N–H and O–H groups in total. The number of benzene rings is 2. The van der Waals surface area contributed by atoms with Gasteiger partial charge in [0.15, 0.2) is 5.11 Å². The van der Waals surface area contributed by atoms with Crippen LogP contribution in [-0.2, 0) is 4.74 Å². The molecule has 0 saturated carbocycles. The summed E-state index contributed by atoms with van der Waals surface area (Å²) in [6.45, 7) is 0.906. The maximum atomic E-state index is 12.2. The van der Waals surface area contributed by atoms with E-state index in [9.17, 15) is 9.59 Å². The van der Waals surface area contributed by atoms with Crippen molar-refractivity contribution in [3.8, 4) is 0 Å². The zero-order chi connectivity index (χ0) is 18.9. The zero-order valence-electron chi connectivity index (χ0n) is 14.0. The van der Waals surface area contributed by atoms with E-state index < -0.39 is 0 Å². The number of carbonyl (C=O) groups excluding carboxylic acids is 2. The fourth-order valence-corrected chi connectivity index (χ4v) is 2.79. The highest BCUT2D eigenvalue weighted by Crippen LogP contribution is 2.10. The fraction of sp³-hybridized carbons (Fsp3) is 0.167. The summed E-state index contributed by atoms with van der Waals surface area (Å²) in [6.07, 6.45) is 0. The molecule has 2 aromatic rings. The van der Waals surface area contributed by atoms with Gasteiger partial charge in [-0.2, -0.15) is 0 Å². The van der Waals surface area contributed by atoms with E-state index in [1.165, 1.54) is 0 Å². The third-order valence-corrected chi connectivity index (χ3v) is 4.19. The molecule has 2 amide bonds. The summed E-state index contributed by atoms with van der Waals surface area (Å²) in [7, 11) is 1.58. The minimum Gasteiger partial charge on any atom is -0.383 e. The van der Waals surface area contributed by atoms with E-state index in [4.69, 9.17) is 17.0 Å². The first-order chi connectivity index (χ1) is 12.5. The van der Waals surface area contributed by atoms with Crippen LogP contribution in [0.4, 0.5) is 5.69 Å². The first-order valence-corrected chi connectivity index (χ1v) is 9.23. The largest absolute Gasteiger partial charge is 0.383 e. The number of nitrogens with one attached hydrogen (secondary N) is 3. The summed E-state index contributed by atoms with van der Waals surface area (Å²) in [4.78, 5) is 24.1. The summed E-state index contributed by atoms with van der Waals surface area (Å²) in [5.74, 6) is -0.460. The SMILES string of the molecule is COCCNC(=O)c1ccc(NC(=S)NC(=O)c2cccc(I)c2)cc1. The molecule has 0 unspecified atom stereocenters. The van der Waals surface area contributed by atoms with E-state index in [0.29, 0.717) is 30.0 Å². The van der Waals surface area contributed by atoms with Crippen molar-refractivity contribution in [1.29, 1.82) is 0 Å². The van der Waals surface area contributed by atoms with Gasteiger partial charge in [0, 0.05) is 34.0 Å². The van der Waals surface area contributed by atoms with Crippen LogP contribution >= 0.6 is 34.8 Å². The highest BCUT2D eigenvalue weighted by molar-refractivity contribution is 14.1. The van der Waals surface area contributed by atoms with Crippen LogP contribution in [0.2, 0.25) is 0 Å². The van der Waals surface area contributed by atoms with Crippen LogP contribution in [0.5, 0.6) is 0 Å². The van der Waals surface area contributed by atoms with Crippen LogP contribution in [0.25, 0.3) is 0 Å². The van der Waals surface area contributed by atoms with E-state index >= 15 is 0 Å². The van der Waals surface area contributed by atoms with Crippen molar-refractivity contribution >= 4 is 57.4 Å². The lowest BCUT2D eigenvalue weighted by Gasteiger charge is -2.10. The number of hydrogen-bond donors (Lipinski definition) is 3. The van der Waals surface area contributed by atoms with Gasteiger partial charge >= 0.3 is 0 Å². The molecule has 0 radical (unpaired) electrons. The van der Waals surface area contributed by atoms with E-state index in [1.54, 1.807) is 43.5 Å². The topological polar surface area (TPSA) is 79.5 Å². The standard InChI is InChI=1S/C18H18IN3O3S/c1-25-10-9-20-16(23)12-5-7-15(8-6-12)21-18(26)22-17(24)13-3-2-4-14(19)11-13/h2-8,11H,9-10H2,1H3,(H,20,23)(H2,21,22,24,26). The molecule has 0 bridgehead atoms. The highest BCUT2D eigenvalue weighted by Gasteiger charge is 2.09. The number of hydrogen-bond acceptors (Lipinski definition) is 4. The molecule has 0 aliphatic rings. The number of rotatable bonds is 6. The Bertz CT molecular complexity index is 797. The van der Waals surface area contributed by atoms with Gasteiger partial charge < -0.3 is 15.4 Å². The molecule has 8 heteroatoms. The maximum Gasteiger partial charge on any atom is 0.257 e. The van der Waals surface area contributed by atoms with Crippen molar-refractivity contribution < 1.29 is 14.3 Å². The van der Waals surface area contributed by atoms with Crippen molar-refractivity contribution in [1.82, 2.24) is 10.6 Å². The number of carbonyl (C=O) groups is 2. The monoisotopic (exact) mass is 483 g/mol. The van der Waals surface area contributed by atoms with Crippen molar-refractivity contribution in [3.63, 3.8) is 0 Å². The second-order valence-electron chi connectivity index (χ2n) is 5.24. The maximum absolute atomic E-state index is 12.2. The number of amides is 2. The average molecular weight is 483 g/mol. The third-order valence-electron chi connectivity index (χ3n) is 3.31. The molecular formula is C18H18IN3O3S. The van der Waals surface area contributed by atoms with Gasteiger partial charge in [-0.05, 0) is 77.3 Å². The number of anilines is 1. The predicted octanol–water partition coefficient (Wildman–Crippen LogP) is 2.79. The van der Waals surface area contributed by atoms with Gasteiger partial charge in [0.25, 0.3) is 11.8 Å². The van der Waals surface area contributed by atoms with Crippen LogP contribution in [0.3, 0.4) is 0 Å². The molecule has 136 valence electrons. The minimum atomic E-state index is -0.282. The number of halogens is 1. The molecule has 6 nitrogen and oxygen atoms in total. The molecule has 0 aromatic heterocycles. The Kier molecular flexibility index (Phi) is 7.95. The number of ether oxygens (including phenoxy) is 1. The van der Waals surface area contributed by atoms with Gasteiger partial charge in [-0.3, -0.25) is 14.9 Å². The Morgan fingerprint density at radius 2 is 1.81 bits per heavy atom. The van der Waals surface area contributed by atoms with E-state index in [0.717, 1.165) is 3.57 Å². The molecule has 2 aromatic carbocycles. The fourth-order valence-electron chi connectivity index (χ4n) is 2.04. The molecule has 0 fully saturated rings. The summed E-state index contributed by atoms with van der Waals surface area (Å²) in [6, 6.07) is 14.0. The summed E-state index contributed by atoms with van der Waals surface area (Å²) in [5.41, 5.74) is 1.73. The lowest BCUT2D eigenvalue weighted by molar-refractivity contribution is 0.0935. The van der Waals surface area contributed by atoms with Gasteiger partial charge in [-0.1, -0.05) is 6.07 Å². The van der Waals surface area contributed by atoms with Gasteiger partial charge in [0.1, 0.15) is 0 Å². The van der Waals surface area contributed by atoms with E-state index in [-0.39, 0.29) is 16.9 Å². The summed E-state index contributed by atoms with van der Waals surface area (Å²) in [5, 5.41) is 8.48. The van der Waals surface area contributed by atoms with E-state index in [2.05, 4.69) is 38.5 Å². The summed E-state index contributed by atoms with van der Waals surface area (Å²) >= 11 is 7.30. The molecule has 0 heterocycles. The zero-order valence-corrected chi connectivity index (χ0v) is 17.0. The molecule has 0 spiro atoms. The van der Waals surface area contributed by atoms with Crippen molar-refractivity contribution in [2.45, 2.75) is 0 Å². The first-order valence-electron chi connectivity index (χ1n) is 7.74. The first kappa shape index (κ1) is 20.3. The Balaban J connectivity index is 1.89. The van der Waals surface area contributed by atoms with Gasteiger partial charge in [-0.15, -0.1) is 0 Å². The Labute approximate surface area is 170 Å². The number of thiocarbonyl (C=S) groups is 1. The lowest BCUT2D eigenvalue weighted by atomic mass is 10.2. The van der Waals surface area contributed by atoms with Crippen LogP contribution in [0.1, 0.15) is 20.7 Å². The lowest BCUT2D eigenvalue weighted by Crippen LogP contribution is -2.34. The Morgan fingerprint density at radius 1 is 1.08 bits per heavy atom. The Hall–Kier alpha value is -2.04. The molecular weight excluding hydrogens is 465 g/mol. The van der Waals surface area contributed by atoms with Gasteiger partial charge in [0.2, 0.25) is 0 Å². The van der Waals surface area contributed by atoms with Crippen LogP contribution in [0.15, 0.2) is 48.5 Å². The molecule has 0 saturated heterocycles. The average Bonchev–Trinajstić information content (AvgIpc) is 2.62. The quantitative estimate of drug-likeness (QED) is 0.335. The smallest absolute Gasteiger partial charge is 0.257 e. The van der Waals surface area contributed by atoms with E-state index in [1.807, 2.05) is 12.1 Å². The molecule has 0 aliphatic carbocycles. The minimum absolute atomic E-state index is 0.178. The molecule has 2 rings (SSSR count). The normalized spacial score (nSPS) is 10.1. The van der Waals surface area contributed by atoms with Crippen LogP contribution in [0, 0.1) is 3.57 Å².